The first-order valence-electron chi connectivity index (χ1n) is 7.70. The molecule has 2 fully saturated rings. The average molecular weight is 283 g/mol. The molecule has 0 aromatic carbocycles. The first-order valence-corrected chi connectivity index (χ1v) is 7.70. The lowest BCUT2D eigenvalue weighted by Gasteiger charge is -2.42. The molecule has 20 heavy (non-hydrogen) atoms. The zero-order chi connectivity index (χ0) is 14.8. The van der Waals surface area contributed by atoms with Gasteiger partial charge in [-0.2, -0.15) is 0 Å². The molecule has 3 unspecified atom stereocenters. The second-order valence-electron chi connectivity index (χ2n) is 6.47. The van der Waals surface area contributed by atoms with E-state index in [1.54, 1.807) is 0 Å². The van der Waals surface area contributed by atoms with E-state index in [0.29, 0.717) is 12.1 Å². The highest BCUT2D eigenvalue weighted by Gasteiger charge is 2.45. The minimum Gasteiger partial charge on any atom is -0.468 e. The monoisotopic (exact) mass is 283 g/mol. The molecule has 1 N–H and O–H groups in total. The number of nitrogens with zero attached hydrogens (tertiary/aromatic N) is 2. The maximum absolute atomic E-state index is 12.1. The van der Waals surface area contributed by atoms with Gasteiger partial charge in [0, 0.05) is 25.2 Å². The molecule has 5 nitrogen and oxygen atoms in total. The van der Waals surface area contributed by atoms with Crippen molar-refractivity contribution < 1.29 is 9.53 Å². The Bertz CT molecular complexity index is 348. The number of likely N-dealkylation sites (N-methyl/N-ethyl adjacent to an activating group) is 2. The van der Waals surface area contributed by atoms with Crippen molar-refractivity contribution in [3.8, 4) is 0 Å². The average Bonchev–Trinajstić information content (AvgIpc) is 2.96. The Kier molecular flexibility index (Phi) is 5.04. The van der Waals surface area contributed by atoms with Gasteiger partial charge in [0.15, 0.2) is 0 Å². The topological polar surface area (TPSA) is 44.8 Å². The lowest BCUT2D eigenvalue weighted by molar-refractivity contribution is -0.151. The lowest BCUT2D eigenvalue weighted by Crippen LogP contribution is -2.57. The molecule has 1 heterocycles. The second kappa shape index (κ2) is 6.41. The summed E-state index contributed by atoms with van der Waals surface area (Å²) < 4.78 is 5.03. The van der Waals surface area contributed by atoms with Gasteiger partial charge in [0.2, 0.25) is 0 Å². The largest absolute Gasteiger partial charge is 0.468 e. The van der Waals surface area contributed by atoms with Crippen molar-refractivity contribution in [3.05, 3.63) is 0 Å². The highest BCUT2D eigenvalue weighted by Crippen LogP contribution is 2.33. The molecule has 0 aromatic rings. The quantitative estimate of drug-likeness (QED) is 0.769. The van der Waals surface area contributed by atoms with Crippen LogP contribution in [0, 0.1) is 0 Å². The van der Waals surface area contributed by atoms with Crippen molar-refractivity contribution in [2.45, 2.75) is 49.7 Å². The molecule has 5 heteroatoms. The van der Waals surface area contributed by atoms with Gasteiger partial charge in [0.1, 0.15) is 5.54 Å². The van der Waals surface area contributed by atoms with Crippen LogP contribution in [0.4, 0.5) is 0 Å². The third-order valence-electron chi connectivity index (χ3n) is 5.22. The van der Waals surface area contributed by atoms with Crippen LogP contribution in [0.2, 0.25) is 0 Å². The SMILES string of the molecule is CNC1(C(=O)OC)CCCC(N2CCC(N(C)C)C2)C1. The van der Waals surface area contributed by atoms with E-state index in [-0.39, 0.29) is 5.97 Å². The molecule has 0 radical (unpaired) electrons. The molecule has 1 saturated carbocycles. The fourth-order valence-corrected chi connectivity index (χ4v) is 3.79. The first kappa shape index (κ1) is 15.7. The molecule has 0 amide bonds. The molecule has 1 saturated heterocycles. The van der Waals surface area contributed by atoms with Crippen LogP contribution in [0.25, 0.3) is 0 Å². The fraction of sp³-hybridized carbons (Fsp3) is 0.933. The Hall–Kier alpha value is -0.650. The summed E-state index contributed by atoms with van der Waals surface area (Å²) in [5, 5.41) is 3.24. The van der Waals surface area contributed by atoms with Crippen molar-refractivity contribution in [1.82, 2.24) is 15.1 Å². The first-order chi connectivity index (χ1) is 9.52. The molecule has 116 valence electrons. The van der Waals surface area contributed by atoms with Crippen LogP contribution in [0.15, 0.2) is 0 Å². The number of hydrogen-bond acceptors (Lipinski definition) is 5. The molecular weight excluding hydrogens is 254 g/mol. The standard InChI is InChI=1S/C15H29N3O2/c1-16-15(14(19)20-4)8-5-6-12(10-15)18-9-7-13(11-18)17(2)3/h12-13,16H,5-11H2,1-4H3. The van der Waals surface area contributed by atoms with Crippen molar-refractivity contribution in [2.75, 3.05) is 41.3 Å². The van der Waals surface area contributed by atoms with E-state index in [1.165, 1.54) is 20.0 Å². The minimum absolute atomic E-state index is 0.104. The summed E-state index contributed by atoms with van der Waals surface area (Å²) >= 11 is 0. The summed E-state index contributed by atoms with van der Waals surface area (Å²) in [5.41, 5.74) is -0.478. The van der Waals surface area contributed by atoms with E-state index in [4.69, 9.17) is 4.74 Å². The Labute approximate surface area is 122 Å². The van der Waals surface area contributed by atoms with E-state index in [9.17, 15) is 4.79 Å². The van der Waals surface area contributed by atoms with Crippen molar-refractivity contribution in [3.63, 3.8) is 0 Å². The van der Waals surface area contributed by atoms with Gasteiger partial charge in [-0.25, -0.2) is 0 Å². The van der Waals surface area contributed by atoms with Crippen molar-refractivity contribution >= 4 is 5.97 Å². The molecule has 0 bridgehead atoms. The van der Waals surface area contributed by atoms with E-state index in [1.807, 2.05) is 7.05 Å². The number of methoxy groups -OCH3 is 1. The highest BCUT2D eigenvalue weighted by molar-refractivity contribution is 5.81. The zero-order valence-corrected chi connectivity index (χ0v) is 13.3. The molecule has 1 aliphatic carbocycles. The molecule has 1 aliphatic heterocycles. The number of likely N-dealkylation sites (tertiary alicyclic amines) is 1. The van der Waals surface area contributed by atoms with Gasteiger partial charge >= 0.3 is 5.97 Å². The molecule has 0 spiro atoms. The van der Waals surface area contributed by atoms with Gasteiger partial charge in [0.25, 0.3) is 0 Å². The lowest BCUT2D eigenvalue weighted by atomic mass is 9.78. The van der Waals surface area contributed by atoms with Crippen LogP contribution in [0.1, 0.15) is 32.1 Å². The number of ether oxygens (including phenoxy) is 1. The van der Waals surface area contributed by atoms with E-state index >= 15 is 0 Å². The van der Waals surface area contributed by atoms with Gasteiger partial charge in [-0.3, -0.25) is 9.69 Å². The highest BCUT2D eigenvalue weighted by atomic mass is 16.5. The summed E-state index contributed by atoms with van der Waals surface area (Å²) in [6.45, 7) is 2.27. The smallest absolute Gasteiger partial charge is 0.326 e. The number of rotatable bonds is 4. The molecular formula is C15H29N3O2. The van der Waals surface area contributed by atoms with E-state index in [0.717, 1.165) is 32.4 Å². The Morgan fingerprint density at radius 2 is 2.15 bits per heavy atom. The van der Waals surface area contributed by atoms with Crippen LogP contribution < -0.4 is 5.32 Å². The third-order valence-corrected chi connectivity index (χ3v) is 5.22. The summed E-state index contributed by atoms with van der Waals surface area (Å²) in [4.78, 5) is 17.0. The third kappa shape index (κ3) is 3.00. The van der Waals surface area contributed by atoms with Crippen LogP contribution in [0.5, 0.6) is 0 Å². The number of hydrogen-bond donors (Lipinski definition) is 1. The zero-order valence-electron chi connectivity index (χ0n) is 13.3. The summed E-state index contributed by atoms with van der Waals surface area (Å²) in [5.74, 6) is -0.104. The number of nitrogens with one attached hydrogen (secondary N) is 1. The van der Waals surface area contributed by atoms with Gasteiger partial charge in [0.05, 0.1) is 7.11 Å². The Morgan fingerprint density at radius 3 is 2.70 bits per heavy atom. The minimum atomic E-state index is -0.478. The molecule has 2 aliphatic rings. The predicted molar refractivity (Wildman–Crippen MR) is 79.7 cm³/mol. The van der Waals surface area contributed by atoms with E-state index in [2.05, 4.69) is 29.2 Å². The summed E-state index contributed by atoms with van der Waals surface area (Å²) in [7, 11) is 7.68. The van der Waals surface area contributed by atoms with Crippen molar-refractivity contribution in [1.29, 1.82) is 0 Å². The maximum Gasteiger partial charge on any atom is 0.326 e. The van der Waals surface area contributed by atoms with E-state index < -0.39 is 5.54 Å². The summed E-state index contributed by atoms with van der Waals surface area (Å²) in [6, 6.07) is 1.15. The number of esters is 1. The van der Waals surface area contributed by atoms with Crippen LogP contribution in [0.3, 0.4) is 0 Å². The maximum atomic E-state index is 12.1. The number of carbonyl (C=O) groups is 1. The van der Waals surface area contributed by atoms with Gasteiger partial charge in [-0.05, 0) is 53.2 Å². The Morgan fingerprint density at radius 1 is 1.40 bits per heavy atom. The molecule has 0 aromatic heterocycles. The number of carbonyl (C=O) groups excluding carboxylic acids is 1. The fourth-order valence-electron chi connectivity index (χ4n) is 3.79. The van der Waals surface area contributed by atoms with Crippen LogP contribution in [-0.2, 0) is 9.53 Å². The molecule has 3 atom stereocenters. The van der Waals surface area contributed by atoms with Crippen LogP contribution in [-0.4, -0.2) is 74.7 Å². The molecule has 2 rings (SSSR count). The Balaban J connectivity index is 2.02. The van der Waals surface area contributed by atoms with Crippen LogP contribution >= 0.6 is 0 Å². The van der Waals surface area contributed by atoms with Gasteiger partial charge in [-0.15, -0.1) is 0 Å². The van der Waals surface area contributed by atoms with Gasteiger partial charge in [-0.1, -0.05) is 0 Å². The summed E-state index contributed by atoms with van der Waals surface area (Å²) in [6.07, 6.45) is 5.27. The second-order valence-corrected chi connectivity index (χ2v) is 6.47. The predicted octanol–water partition coefficient (Wildman–Crippen LogP) is 0.696. The normalized spacial score (nSPS) is 35.5. The van der Waals surface area contributed by atoms with Crippen molar-refractivity contribution in [2.24, 2.45) is 0 Å². The van der Waals surface area contributed by atoms with Gasteiger partial charge < -0.3 is 15.0 Å².